The first kappa shape index (κ1) is 23.9. The van der Waals surface area contributed by atoms with Crippen molar-refractivity contribution in [3.63, 3.8) is 0 Å². The van der Waals surface area contributed by atoms with Gasteiger partial charge in [0.1, 0.15) is 12.7 Å². The molecule has 0 unspecified atom stereocenters. The van der Waals surface area contributed by atoms with Crippen molar-refractivity contribution in [1.82, 2.24) is 5.32 Å². The quantitative estimate of drug-likeness (QED) is 0.373. The van der Waals surface area contributed by atoms with Crippen LogP contribution in [0.25, 0.3) is 0 Å². The predicted molar refractivity (Wildman–Crippen MR) is 112 cm³/mol. The smallest absolute Gasteiger partial charge is 0.407 e. The normalized spacial score (nSPS) is 13.9. The van der Waals surface area contributed by atoms with Crippen LogP contribution in [-0.2, 0) is 25.3 Å². The van der Waals surface area contributed by atoms with Gasteiger partial charge in [0.2, 0.25) is 0 Å². The summed E-state index contributed by atoms with van der Waals surface area (Å²) in [4.78, 5) is 23.7. The van der Waals surface area contributed by atoms with Crippen LogP contribution >= 0.6 is 0 Å². The van der Waals surface area contributed by atoms with Crippen molar-refractivity contribution in [2.75, 3.05) is 6.61 Å². The Morgan fingerprint density at radius 3 is 2.32 bits per heavy atom. The molecule has 1 N–H and O–H groups in total. The lowest BCUT2D eigenvalue weighted by Gasteiger charge is -2.38. The standard InChI is InChI=1S/C21H33NO5Si/c1-8-19(27-16(2)23)18(15-26-28(6,7)21(3,4)5)22-20(24)25-14-17-12-10-9-11-13-17/h8-13,18-19H,1,14-15H2,2-7H3,(H,22,24)/t18-,19-/m1/s1. The van der Waals surface area contributed by atoms with Crippen LogP contribution in [0, 0.1) is 0 Å². The van der Waals surface area contributed by atoms with Gasteiger partial charge < -0.3 is 19.2 Å². The molecular weight excluding hydrogens is 374 g/mol. The van der Waals surface area contributed by atoms with Crippen LogP contribution in [-0.4, -0.2) is 39.1 Å². The van der Waals surface area contributed by atoms with E-state index in [2.05, 4.69) is 45.8 Å². The molecule has 0 saturated carbocycles. The highest BCUT2D eigenvalue weighted by atomic mass is 28.4. The van der Waals surface area contributed by atoms with Crippen molar-refractivity contribution in [1.29, 1.82) is 0 Å². The van der Waals surface area contributed by atoms with E-state index in [4.69, 9.17) is 13.9 Å². The molecular formula is C21H33NO5Si. The minimum absolute atomic E-state index is 0.0104. The molecule has 0 aliphatic carbocycles. The van der Waals surface area contributed by atoms with Gasteiger partial charge in [-0.1, -0.05) is 57.7 Å². The fourth-order valence-electron chi connectivity index (χ4n) is 2.14. The third-order valence-corrected chi connectivity index (χ3v) is 9.38. The molecule has 0 aromatic heterocycles. The summed E-state index contributed by atoms with van der Waals surface area (Å²) in [6.07, 6.45) is 0.164. The number of rotatable bonds is 9. The lowest BCUT2D eigenvalue weighted by atomic mass is 10.1. The molecule has 156 valence electrons. The number of hydrogen-bond acceptors (Lipinski definition) is 5. The zero-order valence-corrected chi connectivity index (χ0v) is 18.8. The van der Waals surface area contributed by atoms with E-state index in [1.54, 1.807) is 0 Å². The number of alkyl carbamates (subject to hydrolysis) is 1. The van der Waals surface area contributed by atoms with E-state index in [0.29, 0.717) is 0 Å². The molecule has 0 heterocycles. The topological polar surface area (TPSA) is 73.9 Å². The predicted octanol–water partition coefficient (Wildman–Crippen LogP) is 4.42. The van der Waals surface area contributed by atoms with Crippen LogP contribution in [0.5, 0.6) is 0 Å². The van der Waals surface area contributed by atoms with E-state index in [1.807, 2.05) is 30.3 Å². The molecule has 1 amide bonds. The van der Waals surface area contributed by atoms with Crippen LogP contribution in [0.2, 0.25) is 18.1 Å². The van der Waals surface area contributed by atoms with Gasteiger partial charge in [0, 0.05) is 6.92 Å². The van der Waals surface area contributed by atoms with E-state index in [0.717, 1.165) is 5.56 Å². The number of carbonyl (C=O) groups is 2. The van der Waals surface area contributed by atoms with Gasteiger partial charge in [0.15, 0.2) is 8.32 Å². The summed E-state index contributed by atoms with van der Waals surface area (Å²) in [5, 5.41) is 2.77. The summed E-state index contributed by atoms with van der Waals surface area (Å²) in [6, 6.07) is 8.79. The van der Waals surface area contributed by atoms with E-state index >= 15 is 0 Å². The summed E-state index contributed by atoms with van der Waals surface area (Å²) in [5.74, 6) is -0.457. The summed E-state index contributed by atoms with van der Waals surface area (Å²) in [7, 11) is -2.06. The van der Waals surface area contributed by atoms with Crippen LogP contribution in [0.15, 0.2) is 43.0 Å². The molecule has 2 atom stereocenters. The SMILES string of the molecule is C=C[C@@H](OC(C)=O)[C@@H](CO[Si](C)(C)C(C)(C)C)NC(=O)OCc1ccccc1. The van der Waals surface area contributed by atoms with Gasteiger partial charge in [-0.2, -0.15) is 0 Å². The van der Waals surface area contributed by atoms with Crippen molar-refractivity contribution in [2.24, 2.45) is 0 Å². The van der Waals surface area contributed by atoms with Crippen molar-refractivity contribution < 1.29 is 23.5 Å². The first-order chi connectivity index (χ1) is 13.0. The third kappa shape index (κ3) is 7.86. The molecule has 0 fully saturated rings. The molecule has 0 bridgehead atoms. The van der Waals surface area contributed by atoms with Crippen LogP contribution in [0.4, 0.5) is 4.79 Å². The van der Waals surface area contributed by atoms with Gasteiger partial charge in [-0.15, -0.1) is 0 Å². The number of ether oxygens (including phenoxy) is 2. The molecule has 0 radical (unpaired) electrons. The molecule has 1 aromatic carbocycles. The second kappa shape index (κ2) is 10.4. The first-order valence-electron chi connectivity index (χ1n) is 9.37. The van der Waals surface area contributed by atoms with Crippen LogP contribution in [0.3, 0.4) is 0 Å². The van der Waals surface area contributed by atoms with Gasteiger partial charge in [0.05, 0.1) is 12.6 Å². The number of amides is 1. The van der Waals surface area contributed by atoms with Crippen molar-refractivity contribution in [3.05, 3.63) is 48.6 Å². The molecule has 1 aromatic rings. The highest BCUT2D eigenvalue weighted by Gasteiger charge is 2.38. The Hall–Kier alpha value is -2.12. The number of esters is 1. The molecule has 0 aliphatic heterocycles. The lowest BCUT2D eigenvalue weighted by molar-refractivity contribution is -0.145. The number of nitrogens with one attached hydrogen (secondary N) is 1. The average molecular weight is 408 g/mol. The van der Waals surface area contributed by atoms with Gasteiger partial charge in [-0.3, -0.25) is 4.79 Å². The number of hydrogen-bond donors (Lipinski definition) is 1. The van der Waals surface area contributed by atoms with E-state index in [9.17, 15) is 9.59 Å². The summed E-state index contributed by atoms with van der Waals surface area (Å²) < 4.78 is 16.8. The fourth-order valence-corrected chi connectivity index (χ4v) is 3.16. The Labute approximate surface area is 169 Å². The maximum absolute atomic E-state index is 12.3. The van der Waals surface area contributed by atoms with Gasteiger partial charge in [-0.25, -0.2) is 4.79 Å². The third-order valence-electron chi connectivity index (χ3n) is 4.88. The summed E-state index contributed by atoms with van der Waals surface area (Å²) >= 11 is 0. The minimum Gasteiger partial charge on any atom is -0.456 e. The van der Waals surface area contributed by atoms with Crippen molar-refractivity contribution in [3.8, 4) is 0 Å². The van der Waals surface area contributed by atoms with Crippen LogP contribution < -0.4 is 5.32 Å². The Bertz CT molecular complexity index is 655. The monoisotopic (exact) mass is 407 g/mol. The molecule has 0 aliphatic rings. The highest BCUT2D eigenvalue weighted by molar-refractivity contribution is 6.74. The molecule has 0 spiro atoms. The lowest BCUT2D eigenvalue weighted by Crippen LogP contribution is -2.51. The van der Waals surface area contributed by atoms with E-state index in [-0.39, 0.29) is 18.3 Å². The van der Waals surface area contributed by atoms with Gasteiger partial charge >= 0.3 is 12.1 Å². The minimum atomic E-state index is -2.06. The number of carbonyl (C=O) groups excluding carboxylic acids is 2. The van der Waals surface area contributed by atoms with Crippen molar-refractivity contribution in [2.45, 2.75) is 64.6 Å². The van der Waals surface area contributed by atoms with Crippen LogP contribution in [0.1, 0.15) is 33.3 Å². The zero-order chi connectivity index (χ0) is 21.4. The van der Waals surface area contributed by atoms with E-state index < -0.39 is 32.5 Å². The molecule has 28 heavy (non-hydrogen) atoms. The van der Waals surface area contributed by atoms with E-state index in [1.165, 1.54) is 13.0 Å². The largest absolute Gasteiger partial charge is 0.456 e. The van der Waals surface area contributed by atoms with Gasteiger partial charge in [-0.05, 0) is 29.8 Å². The molecule has 6 nitrogen and oxygen atoms in total. The zero-order valence-electron chi connectivity index (χ0n) is 17.8. The van der Waals surface area contributed by atoms with Crippen molar-refractivity contribution >= 4 is 20.4 Å². The maximum atomic E-state index is 12.3. The molecule has 7 heteroatoms. The van der Waals surface area contributed by atoms with Gasteiger partial charge in [0.25, 0.3) is 0 Å². The number of benzene rings is 1. The Kier molecular flexibility index (Phi) is 8.91. The summed E-state index contributed by atoms with van der Waals surface area (Å²) in [5.41, 5.74) is 0.881. The Morgan fingerprint density at radius 1 is 1.21 bits per heavy atom. The second-order valence-electron chi connectivity index (χ2n) is 8.19. The highest BCUT2D eigenvalue weighted by Crippen LogP contribution is 2.36. The Balaban J connectivity index is 2.80. The first-order valence-corrected chi connectivity index (χ1v) is 12.3. The Morgan fingerprint density at radius 2 is 1.82 bits per heavy atom. The maximum Gasteiger partial charge on any atom is 0.407 e. The average Bonchev–Trinajstić information content (AvgIpc) is 2.61. The summed E-state index contributed by atoms with van der Waals surface area (Å²) in [6.45, 7) is 16.0. The fraction of sp³-hybridized carbons (Fsp3) is 0.524. The molecule has 0 saturated heterocycles. The molecule has 1 rings (SSSR count). The second-order valence-corrected chi connectivity index (χ2v) is 13.0.